The number of benzene rings is 2. The van der Waals surface area contributed by atoms with Gasteiger partial charge in [0, 0.05) is 36.8 Å². The van der Waals surface area contributed by atoms with E-state index >= 15 is 0 Å². The van der Waals surface area contributed by atoms with Crippen LogP contribution in [0.15, 0.2) is 53.4 Å². The number of carbonyl (C=O) groups excluding carboxylic acids is 1. The summed E-state index contributed by atoms with van der Waals surface area (Å²) in [6.45, 7) is 5.48. The summed E-state index contributed by atoms with van der Waals surface area (Å²) in [5, 5.41) is 3.15. The number of carbonyl (C=O) groups is 1. The van der Waals surface area contributed by atoms with Crippen molar-refractivity contribution in [3.8, 4) is 0 Å². The Morgan fingerprint density at radius 2 is 1.97 bits per heavy atom. The quantitative estimate of drug-likeness (QED) is 0.641. The van der Waals surface area contributed by atoms with E-state index in [0.29, 0.717) is 10.7 Å². The highest BCUT2D eigenvalue weighted by Gasteiger charge is 2.16. The summed E-state index contributed by atoms with van der Waals surface area (Å²) in [6, 6.07) is 13.8. The summed E-state index contributed by atoms with van der Waals surface area (Å²) in [5.41, 5.74) is 1.92. The Bertz CT molecular complexity index is 964. The Morgan fingerprint density at radius 1 is 1.20 bits per heavy atom. The van der Waals surface area contributed by atoms with Crippen LogP contribution in [-0.2, 0) is 21.4 Å². The normalized spacial score (nSPS) is 17.6. The Labute approximate surface area is 183 Å². The van der Waals surface area contributed by atoms with Crippen LogP contribution >= 0.6 is 11.6 Å². The van der Waals surface area contributed by atoms with Crippen LogP contribution in [0.2, 0.25) is 5.02 Å². The molecule has 2 N–H and O–H groups in total. The van der Waals surface area contributed by atoms with Crippen molar-refractivity contribution in [3.05, 3.63) is 59.1 Å². The maximum atomic E-state index is 12.2. The molecule has 1 unspecified atom stereocenters. The van der Waals surface area contributed by atoms with Crippen LogP contribution in [0, 0.1) is 5.92 Å². The molecule has 6 nitrogen and oxygen atoms in total. The number of nitrogens with one attached hydrogen (secondary N) is 2. The molecule has 2 aromatic rings. The fraction of sp³-hybridized carbons (Fsp3) is 0.409. The average Bonchev–Trinajstić information content (AvgIpc) is 2.69. The van der Waals surface area contributed by atoms with Crippen LogP contribution in [-0.4, -0.2) is 38.9 Å². The summed E-state index contributed by atoms with van der Waals surface area (Å²) >= 11 is 5.84. The molecule has 1 fully saturated rings. The second kappa shape index (κ2) is 10.4. The van der Waals surface area contributed by atoms with Crippen LogP contribution in [0.3, 0.4) is 0 Å². The van der Waals surface area contributed by atoms with Crippen molar-refractivity contribution in [2.45, 2.75) is 37.6 Å². The van der Waals surface area contributed by atoms with Crippen molar-refractivity contribution < 1.29 is 13.2 Å². The molecule has 3 rings (SSSR count). The van der Waals surface area contributed by atoms with Crippen molar-refractivity contribution >= 4 is 33.2 Å². The molecule has 0 spiro atoms. The van der Waals surface area contributed by atoms with Gasteiger partial charge in [-0.3, -0.25) is 9.69 Å². The number of nitrogens with zero attached hydrogens (tertiary/aromatic N) is 1. The summed E-state index contributed by atoms with van der Waals surface area (Å²) < 4.78 is 26.9. The zero-order valence-electron chi connectivity index (χ0n) is 17.1. The van der Waals surface area contributed by atoms with Crippen molar-refractivity contribution in [3.63, 3.8) is 0 Å². The minimum atomic E-state index is -3.69. The Hall–Kier alpha value is -1.93. The molecule has 0 bridgehead atoms. The van der Waals surface area contributed by atoms with Gasteiger partial charge in [-0.1, -0.05) is 36.7 Å². The van der Waals surface area contributed by atoms with Gasteiger partial charge in [-0.05, 0) is 61.2 Å². The summed E-state index contributed by atoms with van der Waals surface area (Å²) in [7, 11) is -3.69. The van der Waals surface area contributed by atoms with E-state index in [0.717, 1.165) is 25.6 Å². The first-order valence-electron chi connectivity index (χ1n) is 10.2. The van der Waals surface area contributed by atoms with E-state index in [1.165, 1.54) is 30.5 Å². The van der Waals surface area contributed by atoms with Gasteiger partial charge < -0.3 is 5.32 Å². The van der Waals surface area contributed by atoms with Crippen LogP contribution in [0.5, 0.6) is 0 Å². The first-order valence-corrected chi connectivity index (χ1v) is 12.0. The molecule has 1 aliphatic heterocycles. The number of likely N-dealkylation sites (tertiary alicyclic amines) is 1. The monoisotopic (exact) mass is 449 g/mol. The Morgan fingerprint density at radius 3 is 2.67 bits per heavy atom. The molecule has 1 heterocycles. The third-order valence-electron chi connectivity index (χ3n) is 5.14. The van der Waals surface area contributed by atoms with E-state index in [-0.39, 0.29) is 23.8 Å². The number of hydrogen-bond acceptors (Lipinski definition) is 4. The zero-order valence-corrected chi connectivity index (χ0v) is 18.7. The maximum absolute atomic E-state index is 12.2. The predicted octanol–water partition coefficient (Wildman–Crippen LogP) is 3.88. The minimum Gasteiger partial charge on any atom is -0.326 e. The van der Waals surface area contributed by atoms with Gasteiger partial charge in [0.25, 0.3) is 0 Å². The molecule has 1 amide bonds. The third-order valence-corrected chi connectivity index (χ3v) is 6.83. The van der Waals surface area contributed by atoms with Crippen LogP contribution in [0.4, 0.5) is 5.69 Å². The molecule has 162 valence electrons. The molecule has 0 aromatic heterocycles. The molecule has 0 saturated carbocycles. The highest BCUT2D eigenvalue weighted by atomic mass is 35.5. The largest absolute Gasteiger partial charge is 0.326 e. The molecule has 1 saturated heterocycles. The van der Waals surface area contributed by atoms with Gasteiger partial charge in [-0.2, -0.15) is 0 Å². The molecular formula is C22H28ClN3O3S. The van der Waals surface area contributed by atoms with Crippen LogP contribution < -0.4 is 10.0 Å². The Kier molecular flexibility index (Phi) is 7.88. The third kappa shape index (κ3) is 6.80. The fourth-order valence-corrected chi connectivity index (χ4v) is 4.95. The number of piperidine rings is 1. The number of amides is 1. The van der Waals surface area contributed by atoms with E-state index in [1.807, 2.05) is 24.3 Å². The summed E-state index contributed by atoms with van der Waals surface area (Å²) in [4.78, 5) is 14.7. The van der Waals surface area contributed by atoms with E-state index < -0.39 is 10.0 Å². The number of rotatable bonds is 8. The van der Waals surface area contributed by atoms with Gasteiger partial charge in [0.2, 0.25) is 15.9 Å². The number of anilines is 1. The molecule has 0 aliphatic carbocycles. The van der Waals surface area contributed by atoms with E-state index in [2.05, 4.69) is 21.9 Å². The summed E-state index contributed by atoms with van der Waals surface area (Å²) in [6.07, 6.45) is 2.58. The smallest absolute Gasteiger partial charge is 0.240 e. The van der Waals surface area contributed by atoms with Crippen molar-refractivity contribution in [1.82, 2.24) is 9.62 Å². The van der Waals surface area contributed by atoms with Gasteiger partial charge in [-0.25, -0.2) is 13.1 Å². The average molecular weight is 450 g/mol. The fourth-order valence-electron chi connectivity index (χ4n) is 3.62. The molecule has 1 atom stereocenters. The highest BCUT2D eigenvalue weighted by molar-refractivity contribution is 7.89. The van der Waals surface area contributed by atoms with E-state index in [4.69, 9.17) is 11.6 Å². The SMILES string of the molecule is CC1CCCN(Cc2ccc(NC(=O)CCNS(=O)(=O)c3cccc(Cl)c3)cc2)C1. The summed E-state index contributed by atoms with van der Waals surface area (Å²) in [5.74, 6) is 0.495. The standard InChI is InChI=1S/C22H28ClN3O3S/c1-17-4-3-13-26(15-17)16-18-7-9-20(10-8-18)25-22(27)11-12-24-30(28,29)21-6-2-5-19(23)14-21/h2,5-10,14,17,24H,3-4,11-13,15-16H2,1H3,(H,25,27). The topological polar surface area (TPSA) is 78.5 Å². The van der Waals surface area contributed by atoms with Crippen molar-refractivity contribution in [2.75, 3.05) is 25.0 Å². The molecule has 30 heavy (non-hydrogen) atoms. The molecular weight excluding hydrogens is 422 g/mol. The highest BCUT2D eigenvalue weighted by Crippen LogP contribution is 2.19. The van der Waals surface area contributed by atoms with E-state index in [1.54, 1.807) is 12.1 Å². The van der Waals surface area contributed by atoms with Gasteiger partial charge >= 0.3 is 0 Å². The van der Waals surface area contributed by atoms with Gasteiger partial charge in [0.05, 0.1) is 4.90 Å². The van der Waals surface area contributed by atoms with Gasteiger partial charge in [-0.15, -0.1) is 0 Å². The number of sulfonamides is 1. The lowest BCUT2D eigenvalue weighted by Crippen LogP contribution is -2.33. The lowest BCUT2D eigenvalue weighted by atomic mass is 10.00. The zero-order chi connectivity index (χ0) is 21.6. The lowest BCUT2D eigenvalue weighted by Gasteiger charge is -2.30. The van der Waals surface area contributed by atoms with Crippen LogP contribution in [0.1, 0.15) is 31.7 Å². The minimum absolute atomic E-state index is 0.00586. The number of hydrogen-bond donors (Lipinski definition) is 2. The first kappa shape index (κ1) is 22.7. The predicted molar refractivity (Wildman–Crippen MR) is 120 cm³/mol. The molecule has 1 aliphatic rings. The Balaban J connectivity index is 1.44. The van der Waals surface area contributed by atoms with Crippen LogP contribution in [0.25, 0.3) is 0 Å². The molecule has 2 aromatic carbocycles. The van der Waals surface area contributed by atoms with E-state index in [9.17, 15) is 13.2 Å². The second-order valence-corrected chi connectivity index (χ2v) is 10.0. The maximum Gasteiger partial charge on any atom is 0.240 e. The van der Waals surface area contributed by atoms with Crippen molar-refractivity contribution in [2.24, 2.45) is 5.92 Å². The lowest BCUT2D eigenvalue weighted by molar-refractivity contribution is -0.116. The second-order valence-electron chi connectivity index (χ2n) is 7.83. The molecule has 8 heteroatoms. The molecule has 0 radical (unpaired) electrons. The number of halogens is 1. The van der Waals surface area contributed by atoms with Crippen molar-refractivity contribution in [1.29, 1.82) is 0 Å². The van der Waals surface area contributed by atoms with Gasteiger partial charge in [0.1, 0.15) is 0 Å². The first-order chi connectivity index (χ1) is 14.3. The van der Waals surface area contributed by atoms with Gasteiger partial charge in [0.15, 0.2) is 0 Å².